The SMILES string of the molecule is Nc1nc(NC(=O)c2cccnc2)nc(-c2ccc3cc(OCc4ccccc4)ccc3c2)n1. The molecule has 0 bridgehead atoms. The third kappa shape index (κ3) is 4.81. The molecule has 0 aliphatic rings. The highest BCUT2D eigenvalue weighted by Gasteiger charge is 2.12. The lowest BCUT2D eigenvalue weighted by Crippen LogP contribution is -2.16. The molecule has 8 nitrogen and oxygen atoms in total. The smallest absolute Gasteiger partial charge is 0.259 e. The summed E-state index contributed by atoms with van der Waals surface area (Å²) in [6.07, 6.45) is 3.05. The largest absolute Gasteiger partial charge is 0.489 e. The molecule has 0 atom stereocenters. The average molecular weight is 448 g/mol. The normalized spacial score (nSPS) is 10.7. The van der Waals surface area contributed by atoms with E-state index in [0.29, 0.717) is 18.0 Å². The summed E-state index contributed by atoms with van der Waals surface area (Å²) in [7, 11) is 0. The number of anilines is 2. The number of carbonyl (C=O) groups excluding carboxylic acids is 1. The summed E-state index contributed by atoms with van der Waals surface area (Å²) in [6.45, 7) is 0.502. The first-order valence-corrected chi connectivity index (χ1v) is 10.6. The Labute approximate surface area is 195 Å². The molecule has 2 aromatic heterocycles. The molecule has 0 saturated carbocycles. The van der Waals surface area contributed by atoms with Crippen LogP contribution in [0.1, 0.15) is 15.9 Å². The van der Waals surface area contributed by atoms with Crippen LogP contribution in [0.2, 0.25) is 0 Å². The number of hydrogen-bond donors (Lipinski definition) is 2. The topological polar surface area (TPSA) is 116 Å². The van der Waals surface area contributed by atoms with Gasteiger partial charge in [0, 0.05) is 18.0 Å². The standard InChI is InChI=1S/C26H20N6O2/c27-25-29-23(30-26(32-25)31-24(33)21-7-4-12-28-15-21)20-9-8-19-14-22(11-10-18(19)13-20)34-16-17-5-2-1-3-6-17/h1-15H,16H2,(H3,27,29,30,31,32,33). The molecule has 0 radical (unpaired) electrons. The zero-order valence-corrected chi connectivity index (χ0v) is 18.1. The van der Waals surface area contributed by atoms with Gasteiger partial charge in [0.2, 0.25) is 11.9 Å². The summed E-state index contributed by atoms with van der Waals surface area (Å²) >= 11 is 0. The number of fused-ring (bicyclic) bond motifs is 1. The molecule has 2 heterocycles. The predicted molar refractivity (Wildman–Crippen MR) is 130 cm³/mol. The van der Waals surface area contributed by atoms with E-state index in [2.05, 4.69) is 25.3 Å². The highest BCUT2D eigenvalue weighted by atomic mass is 16.5. The molecule has 8 heteroatoms. The molecule has 0 aliphatic carbocycles. The number of nitrogens with zero attached hydrogens (tertiary/aromatic N) is 4. The molecular weight excluding hydrogens is 428 g/mol. The number of amides is 1. The second kappa shape index (κ2) is 9.33. The molecule has 5 aromatic rings. The number of nitrogen functional groups attached to an aromatic ring is 1. The summed E-state index contributed by atoms with van der Waals surface area (Å²) in [5.41, 5.74) is 8.13. The zero-order valence-electron chi connectivity index (χ0n) is 18.1. The number of carbonyl (C=O) groups is 1. The van der Waals surface area contributed by atoms with Crippen LogP contribution in [0.5, 0.6) is 5.75 Å². The van der Waals surface area contributed by atoms with Crippen LogP contribution in [0.3, 0.4) is 0 Å². The molecule has 3 aromatic carbocycles. The van der Waals surface area contributed by atoms with E-state index in [1.54, 1.807) is 18.3 Å². The van der Waals surface area contributed by atoms with Crippen LogP contribution < -0.4 is 15.8 Å². The van der Waals surface area contributed by atoms with Gasteiger partial charge in [0.05, 0.1) is 5.56 Å². The predicted octanol–water partition coefficient (Wildman–Crippen LogP) is 4.50. The van der Waals surface area contributed by atoms with Gasteiger partial charge in [-0.25, -0.2) is 0 Å². The Bertz CT molecular complexity index is 1460. The van der Waals surface area contributed by atoms with Gasteiger partial charge in [0.1, 0.15) is 12.4 Å². The van der Waals surface area contributed by atoms with E-state index in [9.17, 15) is 4.79 Å². The van der Waals surface area contributed by atoms with Gasteiger partial charge in [-0.2, -0.15) is 15.0 Å². The highest BCUT2D eigenvalue weighted by molar-refractivity contribution is 6.03. The zero-order chi connectivity index (χ0) is 23.3. The number of ether oxygens (including phenoxy) is 1. The van der Waals surface area contributed by atoms with Crippen LogP contribution in [0.25, 0.3) is 22.2 Å². The van der Waals surface area contributed by atoms with Crippen LogP contribution in [0, 0.1) is 0 Å². The van der Waals surface area contributed by atoms with E-state index < -0.39 is 0 Å². The van der Waals surface area contributed by atoms with Crippen LogP contribution in [0.15, 0.2) is 91.3 Å². The van der Waals surface area contributed by atoms with Crippen molar-refractivity contribution in [2.24, 2.45) is 0 Å². The molecule has 0 fully saturated rings. The Morgan fingerprint density at radius 2 is 1.71 bits per heavy atom. The fourth-order valence-corrected chi connectivity index (χ4v) is 3.44. The van der Waals surface area contributed by atoms with Crippen molar-refractivity contribution in [1.29, 1.82) is 0 Å². The maximum absolute atomic E-state index is 12.4. The molecule has 0 aliphatic heterocycles. The summed E-state index contributed by atoms with van der Waals surface area (Å²) in [5, 5.41) is 4.65. The van der Waals surface area contributed by atoms with E-state index >= 15 is 0 Å². The van der Waals surface area contributed by atoms with Crippen molar-refractivity contribution in [2.75, 3.05) is 11.1 Å². The minimum absolute atomic E-state index is 0.0104. The average Bonchev–Trinajstić information content (AvgIpc) is 2.88. The number of benzene rings is 3. The van der Waals surface area contributed by atoms with Gasteiger partial charge < -0.3 is 10.5 Å². The maximum atomic E-state index is 12.4. The molecule has 1 amide bonds. The first kappa shape index (κ1) is 21.0. The highest BCUT2D eigenvalue weighted by Crippen LogP contribution is 2.26. The number of hydrogen-bond acceptors (Lipinski definition) is 7. The maximum Gasteiger partial charge on any atom is 0.259 e. The second-order valence-electron chi connectivity index (χ2n) is 7.53. The van der Waals surface area contributed by atoms with E-state index in [4.69, 9.17) is 10.5 Å². The van der Waals surface area contributed by atoms with Gasteiger partial charge in [-0.15, -0.1) is 0 Å². The summed E-state index contributed by atoms with van der Waals surface area (Å²) < 4.78 is 5.93. The quantitative estimate of drug-likeness (QED) is 0.393. The monoisotopic (exact) mass is 448 g/mol. The fourth-order valence-electron chi connectivity index (χ4n) is 3.44. The lowest BCUT2D eigenvalue weighted by molar-refractivity contribution is 0.102. The second-order valence-corrected chi connectivity index (χ2v) is 7.53. The summed E-state index contributed by atoms with van der Waals surface area (Å²) in [6, 6.07) is 25.1. The number of nitrogens with two attached hydrogens (primary N) is 1. The number of pyridine rings is 1. The van der Waals surface area contributed by atoms with E-state index in [1.165, 1.54) is 6.20 Å². The van der Waals surface area contributed by atoms with Gasteiger partial charge in [-0.3, -0.25) is 15.1 Å². The minimum atomic E-state index is -0.383. The third-order valence-electron chi connectivity index (χ3n) is 5.12. The minimum Gasteiger partial charge on any atom is -0.489 e. The number of aromatic nitrogens is 4. The number of rotatable bonds is 6. The molecule has 0 saturated heterocycles. The Kier molecular flexibility index (Phi) is 5.77. The van der Waals surface area contributed by atoms with Crippen molar-refractivity contribution in [3.05, 3.63) is 102 Å². The molecule has 3 N–H and O–H groups in total. The van der Waals surface area contributed by atoms with E-state index in [0.717, 1.165) is 27.6 Å². The van der Waals surface area contributed by atoms with Crippen molar-refractivity contribution in [1.82, 2.24) is 19.9 Å². The lowest BCUT2D eigenvalue weighted by atomic mass is 10.1. The Hall–Kier alpha value is -4.85. The summed E-state index contributed by atoms with van der Waals surface area (Å²) in [5.74, 6) is 0.845. The van der Waals surface area contributed by atoms with Crippen LogP contribution >= 0.6 is 0 Å². The van der Waals surface area contributed by atoms with Crippen molar-refractivity contribution < 1.29 is 9.53 Å². The molecule has 0 spiro atoms. The fraction of sp³-hybridized carbons (Fsp3) is 0.0385. The summed E-state index contributed by atoms with van der Waals surface area (Å²) in [4.78, 5) is 29.0. The van der Waals surface area contributed by atoms with Gasteiger partial charge in [-0.05, 0) is 46.7 Å². The van der Waals surface area contributed by atoms with Gasteiger partial charge >= 0.3 is 0 Å². The van der Waals surface area contributed by atoms with Crippen LogP contribution in [-0.4, -0.2) is 25.8 Å². The Morgan fingerprint density at radius 1 is 0.882 bits per heavy atom. The molecule has 0 unspecified atom stereocenters. The van der Waals surface area contributed by atoms with Crippen molar-refractivity contribution >= 4 is 28.6 Å². The lowest BCUT2D eigenvalue weighted by Gasteiger charge is -2.09. The van der Waals surface area contributed by atoms with Crippen LogP contribution in [0.4, 0.5) is 11.9 Å². The van der Waals surface area contributed by atoms with Crippen molar-refractivity contribution in [3.63, 3.8) is 0 Å². The van der Waals surface area contributed by atoms with Gasteiger partial charge in [0.25, 0.3) is 5.91 Å². The van der Waals surface area contributed by atoms with Crippen molar-refractivity contribution in [2.45, 2.75) is 6.61 Å². The van der Waals surface area contributed by atoms with E-state index in [-0.39, 0.29) is 17.8 Å². The third-order valence-corrected chi connectivity index (χ3v) is 5.12. The van der Waals surface area contributed by atoms with Gasteiger partial charge in [0.15, 0.2) is 5.82 Å². The first-order chi connectivity index (χ1) is 16.6. The molecule has 166 valence electrons. The molecular formula is C26H20N6O2. The van der Waals surface area contributed by atoms with Crippen LogP contribution in [-0.2, 0) is 6.61 Å². The first-order valence-electron chi connectivity index (χ1n) is 10.6. The molecule has 5 rings (SSSR count). The van der Waals surface area contributed by atoms with Gasteiger partial charge in [-0.1, -0.05) is 48.5 Å². The van der Waals surface area contributed by atoms with E-state index in [1.807, 2.05) is 66.7 Å². The molecule has 34 heavy (non-hydrogen) atoms. The Morgan fingerprint density at radius 3 is 2.53 bits per heavy atom. The number of nitrogens with one attached hydrogen (secondary N) is 1. The van der Waals surface area contributed by atoms with Crippen molar-refractivity contribution in [3.8, 4) is 17.1 Å². The Balaban J connectivity index is 1.36.